The number of amides is 2. The molecule has 3 aromatic carbocycles. The van der Waals surface area contributed by atoms with Gasteiger partial charge in [-0.1, -0.05) is 76.6 Å². The van der Waals surface area contributed by atoms with Crippen molar-refractivity contribution in [3.05, 3.63) is 106 Å². The number of carbonyl (C=O) groups excluding carboxylic acids is 2. The van der Waals surface area contributed by atoms with Crippen molar-refractivity contribution in [2.45, 2.75) is 43.9 Å². The van der Waals surface area contributed by atoms with E-state index < -0.39 is 6.04 Å². The summed E-state index contributed by atoms with van der Waals surface area (Å²) in [6.45, 7) is 2.94. The number of rotatable bonds is 4. The molecule has 2 atom stereocenters. The van der Waals surface area contributed by atoms with Crippen LogP contribution in [0.25, 0.3) is 10.9 Å². The number of hydrogen-bond acceptors (Lipinski definition) is 3. The molecule has 2 saturated heterocycles. The molecule has 0 radical (unpaired) electrons. The third kappa shape index (κ3) is 4.38. The molecule has 0 saturated carbocycles. The third-order valence-electron chi connectivity index (χ3n) is 8.70. The lowest BCUT2D eigenvalue weighted by molar-refractivity contribution is -0.161. The normalized spacial score (nSPS) is 22.3. The number of fused-ring (bicyclic) bond motifs is 4. The minimum atomic E-state index is -0.496. The standard InChI is InChI=1S/C32H31BrN4O2/c33-23-10-6-9-22(17-23)31-30-26(25-11-4-5-12-27(25)34-30)18-28-32(39)36(20-29(38)37(28)31)24-13-15-35(16-14-24)19-21-7-2-1-3-8-21/h1-12,17,24,28,31,34H,13-16,18-20H2/t28-,31-/m0/s1. The number of H-pyrrole nitrogens is 1. The van der Waals surface area contributed by atoms with Crippen LogP contribution in [0, 0.1) is 0 Å². The van der Waals surface area contributed by atoms with Crippen molar-refractivity contribution < 1.29 is 9.59 Å². The molecule has 0 unspecified atom stereocenters. The smallest absolute Gasteiger partial charge is 0.246 e. The molecule has 6 nitrogen and oxygen atoms in total. The summed E-state index contributed by atoms with van der Waals surface area (Å²) < 4.78 is 0.958. The number of halogens is 1. The van der Waals surface area contributed by atoms with Crippen LogP contribution in [0.5, 0.6) is 0 Å². The fourth-order valence-corrected chi connectivity index (χ4v) is 7.27. The van der Waals surface area contributed by atoms with Crippen LogP contribution in [0.2, 0.25) is 0 Å². The second kappa shape index (κ2) is 9.96. The predicted octanol–water partition coefficient (Wildman–Crippen LogP) is 5.28. The Hall–Kier alpha value is -3.42. The van der Waals surface area contributed by atoms with Gasteiger partial charge in [0.05, 0.1) is 6.04 Å². The summed E-state index contributed by atoms with van der Waals surface area (Å²) in [5, 5.41) is 1.14. The number of nitrogens with one attached hydrogen (secondary N) is 1. The highest BCUT2D eigenvalue weighted by atomic mass is 79.9. The van der Waals surface area contributed by atoms with Gasteiger partial charge in [-0.15, -0.1) is 0 Å². The Balaban J connectivity index is 1.18. The van der Waals surface area contributed by atoms with Crippen LogP contribution in [0.4, 0.5) is 0 Å². The molecular formula is C32H31BrN4O2. The first-order valence-corrected chi connectivity index (χ1v) is 14.6. The first-order chi connectivity index (χ1) is 19.1. The first kappa shape index (κ1) is 24.6. The number of benzene rings is 3. The van der Waals surface area contributed by atoms with Gasteiger partial charge in [-0.3, -0.25) is 14.5 Å². The number of piperidine rings is 1. The number of aromatic nitrogens is 1. The van der Waals surface area contributed by atoms with Gasteiger partial charge in [0.25, 0.3) is 0 Å². The summed E-state index contributed by atoms with van der Waals surface area (Å²) >= 11 is 3.61. The molecule has 2 amide bonds. The maximum atomic E-state index is 14.2. The van der Waals surface area contributed by atoms with E-state index in [9.17, 15) is 9.59 Å². The van der Waals surface area contributed by atoms with E-state index in [1.165, 1.54) is 5.56 Å². The zero-order valence-electron chi connectivity index (χ0n) is 21.7. The van der Waals surface area contributed by atoms with E-state index in [1.54, 1.807) is 0 Å². The summed E-state index contributed by atoms with van der Waals surface area (Å²) in [6, 6.07) is 26.2. The number of piperazine rings is 1. The minimum Gasteiger partial charge on any atom is -0.356 e. The minimum absolute atomic E-state index is 0.0283. The Kier molecular flexibility index (Phi) is 6.28. The number of para-hydroxylation sites is 1. The molecule has 0 aliphatic carbocycles. The van der Waals surface area contributed by atoms with Crippen molar-refractivity contribution >= 4 is 38.6 Å². The number of nitrogens with zero attached hydrogens (tertiary/aromatic N) is 3. The van der Waals surface area contributed by atoms with Crippen LogP contribution in [0.1, 0.15) is 41.3 Å². The average molecular weight is 584 g/mol. The Labute approximate surface area is 236 Å². The molecule has 1 N–H and O–H groups in total. The molecule has 0 bridgehead atoms. The number of aromatic amines is 1. The van der Waals surface area contributed by atoms with Gasteiger partial charge < -0.3 is 14.8 Å². The maximum absolute atomic E-state index is 14.2. The SMILES string of the molecule is O=C1[C@@H]2Cc3c([nH]c4ccccc34)[C@H](c3cccc(Br)c3)N2C(=O)CN1C1CCN(Cc2ccccc2)CC1. The van der Waals surface area contributed by atoms with Gasteiger partial charge in [-0.25, -0.2) is 0 Å². The van der Waals surface area contributed by atoms with E-state index in [0.29, 0.717) is 6.42 Å². The van der Waals surface area contributed by atoms with Gasteiger partial charge in [-0.2, -0.15) is 0 Å². The van der Waals surface area contributed by atoms with E-state index >= 15 is 0 Å². The first-order valence-electron chi connectivity index (χ1n) is 13.8. The van der Waals surface area contributed by atoms with Crippen LogP contribution >= 0.6 is 15.9 Å². The highest BCUT2D eigenvalue weighted by Crippen LogP contribution is 2.43. The largest absolute Gasteiger partial charge is 0.356 e. The fourth-order valence-electron chi connectivity index (χ4n) is 6.85. The molecule has 4 heterocycles. The Morgan fingerprint density at radius 2 is 1.67 bits per heavy atom. The Morgan fingerprint density at radius 3 is 2.46 bits per heavy atom. The molecule has 39 heavy (non-hydrogen) atoms. The van der Waals surface area contributed by atoms with Crippen LogP contribution in [0.15, 0.2) is 83.3 Å². The van der Waals surface area contributed by atoms with Gasteiger partial charge in [0.2, 0.25) is 11.8 Å². The summed E-state index contributed by atoms with van der Waals surface area (Å²) in [5.41, 5.74) is 5.54. The molecule has 7 rings (SSSR count). The number of likely N-dealkylation sites (tertiary alicyclic amines) is 1. The van der Waals surface area contributed by atoms with Crippen molar-refractivity contribution in [3.63, 3.8) is 0 Å². The molecular weight excluding hydrogens is 552 g/mol. The molecule has 1 aromatic heterocycles. The van der Waals surface area contributed by atoms with E-state index in [1.807, 2.05) is 40.1 Å². The summed E-state index contributed by atoms with van der Waals surface area (Å²) in [7, 11) is 0. The van der Waals surface area contributed by atoms with Gasteiger partial charge >= 0.3 is 0 Å². The van der Waals surface area contributed by atoms with Crippen molar-refractivity contribution in [2.75, 3.05) is 19.6 Å². The second-order valence-corrected chi connectivity index (χ2v) is 11.9. The molecule has 0 spiro atoms. The average Bonchev–Trinajstić information content (AvgIpc) is 3.33. The molecule has 3 aliphatic heterocycles. The summed E-state index contributed by atoms with van der Waals surface area (Å²) in [6.07, 6.45) is 2.33. The van der Waals surface area contributed by atoms with Crippen LogP contribution < -0.4 is 0 Å². The number of hydrogen-bond donors (Lipinski definition) is 1. The zero-order chi connectivity index (χ0) is 26.5. The van der Waals surface area contributed by atoms with Crippen molar-refractivity contribution in [1.29, 1.82) is 0 Å². The third-order valence-corrected chi connectivity index (χ3v) is 9.20. The zero-order valence-corrected chi connectivity index (χ0v) is 23.3. The van der Waals surface area contributed by atoms with E-state index in [2.05, 4.69) is 74.3 Å². The van der Waals surface area contributed by atoms with E-state index in [0.717, 1.165) is 64.7 Å². The van der Waals surface area contributed by atoms with Crippen molar-refractivity contribution in [3.8, 4) is 0 Å². The monoisotopic (exact) mass is 582 g/mol. The lowest BCUT2D eigenvalue weighted by Crippen LogP contribution is -2.65. The van der Waals surface area contributed by atoms with Gasteiger partial charge in [-0.05, 0) is 47.7 Å². The van der Waals surface area contributed by atoms with E-state index in [4.69, 9.17) is 0 Å². The summed E-state index contributed by atoms with van der Waals surface area (Å²) in [4.78, 5) is 37.9. The Bertz CT molecular complexity index is 1540. The van der Waals surface area contributed by atoms with Crippen molar-refractivity contribution in [1.82, 2.24) is 19.7 Å². The maximum Gasteiger partial charge on any atom is 0.246 e. The highest BCUT2D eigenvalue weighted by molar-refractivity contribution is 9.10. The quantitative estimate of drug-likeness (QED) is 0.356. The second-order valence-electron chi connectivity index (χ2n) is 11.0. The van der Waals surface area contributed by atoms with Crippen molar-refractivity contribution in [2.24, 2.45) is 0 Å². The molecule has 7 heteroatoms. The number of carbonyl (C=O) groups is 2. The molecule has 198 valence electrons. The molecule has 4 aromatic rings. The van der Waals surface area contributed by atoms with Gasteiger partial charge in [0, 0.05) is 53.2 Å². The Morgan fingerprint density at radius 1 is 0.897 bits per heavy atom. The molecule has 3 aliphatic rings. The molecule has 2 fully saturated rings. The van der Waals surface area contributed by atoms with Gasteiger partial charge in [0.15, 0.2) is 0 Å². The summed E-state index contributed by atoms with van der Waals surface area (Å²) in [5.74, 6) is 0.118. The lowest BCUT2D eigenvalue weighted by Gasteiger charge is -2.49. The van der Waals surface area contributed by atoms with Crippen LogP contribution in [-0.2, 0) is 22.6 Å². The topological polar surface area (TPSA) is 59.7 Å². The lowest BCUT2D eigenvalue weighted by atomic mass is 9.85. The predicted molar refractivity (Wildman–Crippen MR) is 155 cm³/mol. The van der Waals surface area contributed by atoms with Crippen LogP contribution in [-0.4, -0.2) is 63.2 Å². The van der Waals surface area contributed by atoms with E-state index in [-0.39, 0.29) is 30.4 Å². The van der Waals surface area contributed by atoms with Gasteiger partial charge in [0.1, 0.15) is 12.6 Å². The highest BCUT2D eigenvalue weighted by Gasteiger charge is 2.49. The fraction of sp³-hybridized carbons (Fsp3) is 0.312. The van der Waals surface area contributed by atoms with Crippen LogP contribution in [0.3, 0.4) is 0 Å².